The van der Waals surface area contributed by atoms with Crippen LogP contribution in [0, 0.1) is 0 Å². The molecule has 0 radical (unpaired) electrons. The molecule has 0 aromatic carbocycles. The Bertz CT molecular complexity index is 200. The van der Waals surface area contributed by atoms with Gasteiger partial charge < -0.3 is 23.7 Å². The van der Waals surface area contributed by atoms with Crippen LogP contribution < -0.4 is 0 Å². The van der Waals surface area contributed by atoms with E-state index in [9.17, 15) is 0 Å². The number of hydrogen-bond acceptors (Lipinski definition) is 6. The largest absolute Gasteiger partial charge is 0.378 e. The zero-order valence-electron chi connectivity index (χ0n) is 13.4. The van der Waals surface area contributed by atoms with Crippen LogP contribution in [0.3, 0.4) is 0 Å². The summed E-state index contributed by atoms with van der Waals surface area (Å²) in [5, 5.41) is 0. The molecular formula is C15H31NO5. The third-order valence-corrected chi connectivity index (χ3v) is 3.13. The molecule has 1 saturated heterocycles. The van der Waals surface area contributed by atoms with Gasteiger partial charge in [0.15, 0.2) is 0 Å². The van der Waals surface area contributed by atoms with Gasteiger partial charge in [0.2, 0.25) is 0 Å². The molecule has 0 N–H and O–H groups in total. The van der Waals surface area contributed by atoms with Gasteiger partial charge in [0.25, 0.3) is 0 Å². The Morgan fingerprint density at radius 3 is 1.24 bits per heavy atom. The van der Waals surface area contributed by atoms with Gasteiger partial charge in [0.05, 0.1) is 66.1 Å². The van der Waals surface area contributed by atoms with E-state index in [4.69, 9.17) is 23.7 Å². The van der Waals surface area contributed by atoms with E-state index in [0.29, 0.717) is 52.9 Å². The van der Waals surface area contributed by atoms with Crippen molar-refractivity contribution in [2.24, 2.45) is 0 Å². The number of ether oxygens (including phenoxy) is 5. The third kappa shape index (κ3) is 12.0. The Hall–Kier alpha value is -0.240. The summed E-state index contributed by atoms with van der Waals surface area (Å²) in [5.41, 5.74) is 0. The lowest BCUT2D eigenvalue weighted by Gasteiger charge is -2.21. The van der Waals surface area contributed by atoms with Crippen LogP contribution >= 0.6 is 0 Å². The van der Waals surface area contributed by atoms with Crippen LogP contribution in [-0.2, 0) is 23.7 Å². The molecule has 1 heterocycles. The van der Waals surface area contributed by atoms with Crippen LogP contribution in [0.1, 0.15) is 13.3 Å². The zero-order chi connectivity index (χ0) is 15.0. The molecule has 0 aliphatic carbocycles. The molecule has 1 aliphatic heterocycles. The first-order valence-electron chi connectivity index (χ1n) is 8.04. The van der Waals surface area contributed by atoms with Crippen LogP contribution in [0.5, 0.6) is 0 Å². The molecule has 126 valence electrons. The highest BCUT2D eigenvalue weighted by Gasteiger charge is 2.04. The van der Waals surface area contributed by atoms with Gasteiger partial charge >= 0.3 is 0 Å². The predicted molar refractivity (Wildman–Crippen MR) is 80.8 cm³/mol. The fraction of sp³-hybridized carbons (Fsp3) is 1.00. The number of nitrogens with zero attached hydrogens (tertiary/aromatic N) is 1. The standard InChI is InChI=1S/C15H31NO5/c1-2-3-16-4-6-17-8-10-19-12-14-21-15-13-20-11-9-18-7-5-16/h2-15H2,1H3. The van der Waals surface area contributed by atoms with Crippen molar-refractivity contribution in [3.63, 3.8) is 0 Å². The van der Waals surface area contributed by atoms with Crippen molar-refractivity contribution in [1.82, 2.24) is 4.90 Å². The van der Waals surface area contributed by atoms with Gasteiger partial charge in [-0.05, 0) is 13.0 Å². The normalized spacial score (nSPS) is 23.3. The zero-order valence-corrected chi connectivity index (χ0v) is 13.4. The van der Waals surface area contributed by atoms with Crippen LogP contribution in [0.4, 0.5) is 0 Å². The van der Waals surface area contributed by atoms with Crippen LogP contribution in [-0.4, -0.2) is 90.6 Å². The van der Waals surface area contributed by atoms with Gasteiger partial charge in [0.1, 0.15) is 0 Å². The second kappa shape index (κ2) is 14.7. The van der Waals surface area contributed by atoms with Crippen molar-refractivity contribution in [3.8, 4) is 0 Å². The van der Waals surface area contributed by atoms with Crippen LogP contribution in [0.25, 0.3) is 0 Å². The van der Waals surface area contributed by atoms with E-state index in [1.165, 1.54) is 0 Å². The average molecular weight is 305 g/mol. The second-order valence-electron chi connectivity index (χ2n) is 4.90. The van der Waals surface area contributed by atoms with Crippen molar-refractivity contribution < 1.29 is 23.7 Å². The molecule has 1 aliphatic rings. The van der Waals surface area contributed by atoms with E-state index < -0.39 is 0 Å². The van der Waals surface area contributed by atoms with Crippen molar-refractivity contribution in [2.75, 3.05) is 85.7 Å². The van der Waals surface area contributed by atoms with E-state index in [0.717, 1.165) is 39.3 Å². The van der Waals surface area contributed by atoms with E-state index in [1.807, 2.05) is 0 Å². The highest BCUT2D eigenvalue weighted by atomic mass is 16.6. The average Bonchev–Trinajstić information content (AvgIpc) is 2.49. The predicted octanol–water partition coefficient (Wildman–Crippen LogP) is 0.795. The lowest BCUT2D eigenvalue weighted by atomic mass is 10.4. The van der Waals surface area contributed by atoms with Gasteiger partial charge in [0, 0.05) is 13.1 Å². The summed E-state index contributed by atoms with van der Waals surface area (Å²) >= 11 is 0. The Kier molecular flexibility index (Phi) is 13.2. The molecule has 1 rings (SSSR count). The highest BCUT2D eigenvalue weighted by Crippen LogP contribution is 1.93. The maximum Gasteiger partial charge on any atom is 0.0701 e. The molecule has 0 aromatic rings. The summed E-state index contributed by atoms with van der Waals surface area (Å²) in [4.78, 5) is 2.37. The summed E-state index contributed by atoms with van der Waals surface area (Å²) in [7, 11) is 0. The lowest BCUT2D eigenvalue weighted by Crippen LogP contribution is -2.32. The molecule has 6 nitrogen and oxygen atoms in total. The molecule has 0 spiro atoms. The molecule has 0 saturated carbocycles. The Balaban J connectivity index is 2.18. The topological polar surface area (TPSA) is 49.4 Å². The maximum absolute atomic E-state index is 5.59. The van der Waals surface area contributed by atoms with Crippen molar-refractivity contribution in [2.45, 2.75) is 13.3 Å². The molecule has 0 bridgehead atoms. The van der Waals surface area contributed by atoms with Crippen LogP contribution in [0.15, 0.2) is 0 Å². The smallest absolute Gasteiger partial charge is 0.0701 e. The SMILES string of the molecule is CCCN1CCOCCOCCOCCOCCOCC1. The minimum Gasteiger partial charge on any atom is -0.378 e. The molecule has 21 heavy (non-hydrogen) atoms. The fourth-order valence-corrected chi connectivity index (χ4v) is 2.02. The molecule has 6 heteroatoms. The number of rotatable bonds is 2. The van der Waals surface area contributed by atoms with Crippen molar-refractivity contribution in [3.05, 3.63) is 0 Å². The molecule has 0 amide bonds. The summed E-state index contributed by atoms with van der Waals surface area (Å²) in [6, 6.07) is 0. The fourth-order valence-electron chi connectivity index (χ4n) is 2.02. The Labute approximate surface area is 128 Å². The van der Waals surface area contributed by atoms with Crippen molar-refractivity contribution in [1.29, 1.82) is 0 Å². The third-order valence-electron chi connectivity index (χ3n) is 3.13. The van der Waals surface area contributed by atoms with Gasteiger partial charge in [-0.2, -0.15) is 0 Å². The van der Waals surface area contributed by atoms with Gasteiger partial charge in [-0.3, -0.25) is 4.90 Å². The van der Waals surface area contributed by atoms with E-state index in [-0.39, 0.29) is 0 Å². The lowest BCUT2D eigenvalue weighted by molar-refractivity contribution is -0.0185. The maximum atomic E-state index is 5.59. The van der Waals surface area contributed by atoms with E-state index in [2.05, 4.69) is 11.8 Å². The summed E-state index contributed by atoms with van der Waals surface area (Å²) < 4.78 is 27.4. The first kappa shape index (κ1) is 18.8. The van der Waals surface area contributed by atoms with Gasteiger partial charge in [-0.1, -0.05) is 6.92 Å². The first-order chi connectivity index (χ1) is 10.4. The van der Waals surface area contributed by atoms with Gasteiger partial charge in [-0.15, -0.1) is 0 Å². The summed E-state index contributed by atoms with van der Waals surface area (Å²) in [6.45, 7) is 11.6. The quantitative estimate of drug-likeness (QED) is 0.752. The summed E-state index contributed by atoms with van der Waals surface area (Å²) in [6.07, 6.45) is 1.15. The summed E-state index contributed by atoms with van der Waals surface area (Å²) in [5.74, 6) is 0. The van der Waals surface area contributed by atoms with E-state index >= 15 is 0 Å². The van der Waals surface area contributed by atoms with Crippen LogP contribution in [0.2, 0.25) is 0 Å². The van der Waals surface area contributed by atoms with Gasteiger partial charge in [-0.25, -0.2) is 0 Å². The Morgan fingerprint density at radius 1 is 0.571 bits per heavy atom. The second-order valence-corrected chi connectivity index (χ2v) is 4.90. The molecule has 0 unspecified atom stereocenters. The molecule has 0 aromatic heterocycles. The minimum atomic E-state index is 0.601. The molecule has 1 fully saturated rings. The Morgan fingerprint density at radius 2 is 0.905 bits per heavy atom. The van der Waals surface area contributed by atoms with Crippen molar-refractivity contribution >= 4 is 0 Å². The highest BCUT2D eigenvalue weighted by molar-refractivity contribution is 4.56. The number of hydrogen-bond donors (Lipinski definition) is 0. The molecule has 0 atom stereocenters. The van der Waals surface area contributed by atoms with E-state index in [1.54, 1.807) is 0 Å². The monoisotopic (exact) mass is 305 g/mol. The minimum absolute atomic E-state index is 0.601. The molecular weight excluding hydrogens is 274 g/mol. The first-order valence-corrected chi connectivity index (χ1v) is 8.04.